The predicted octanol–water partition coefficient (Wildman–Crippen LogP) is 1.35. The third-order valence-corrected chi connectivity index (χ3v) is 3.61. The number of ether oxygens (including phenoxy) is 3. The standard InChI is InChI=1S/C12H13BrO4/c13-7-1-3-8(4-2-7)17-10-6-16-11-9(14)5-15-12(10)11/h1-4,9-12,14H,5-6H2/t9-,10+,11-,12-/m0/s1. The highest BCUT2D eigenvalue weighted by molar-refractivity contribution is 9.10. The van der Waals surface area contributed by atoms with Gasteiger partial charge in [-0.3, -0.25) is 0 Å². The summed E-state index contributed by atoms with van der Waals surface area (Å²) < 4.78 is 17.8. The Morgan fingerprint density at radius 3 is 2.59 bits per heavy atom. The van der Waals surface area contributed by atoms with Crippen molar-refractivity contribution in [3.05, 3.63) is 28.7 Å². The van der Waals surface area contributed by atoms with Crippen molar-refractivity contribution in [3.63, 3.8) is 0 Å². The Hall–Kier alpha value is -0.620. The maximum atomic E-state index is 9.61. The van der Waals surface area contributed by atoms with Gasteiger partial charge in [-0.25, -0.2) is 0 Å². The first-order chi connectivity index (χ1) is 8.24. The molecule has 17 heavy (non-hydrogen) atoms. The van der Waals surface area contributed by atoms with Crippen LogP contribution in [0.1, 0.15) is 0 Å². The van der Waals surface area contributed by atoms with Crippen LogP contribution in [-0.4, -0.2) is 42.7 Å². The molecule has 1 aromatic carbocycles. The van der Waals surface area contributed by atoms with Crippen molar-refractivity contribution in [2.75, 3.05) is 13.2 Å². The molecule has 2 saturated heterocycles. The Bertz CT molecular complexity index is 394. The molecule has 2 aliphatic heterocycles. The van der Waals surface area contributed by atoms with E-state index in [2.05, 4.69) is 15.9 Å². The molecule has 0 radical (unpaired) electrons. The Labute approximate surface area is 108 Å². The normalized spacial score (nSPS) is 35.9. The zero-order valence-corrected chi connectivity index (χ0v) is 10.7. The van der Waals surface area contributed by atoms with E-state index >= 15 is 0 Å². The molecular formula is C12H13BrO4. The smallest absolute Gasteiger partial charge is 0.151 e. The quantitative estimate of drug-likeness (QED) is 0.896. The van der Waals surface area contributed by atoms with Crippen LogP contribution in [0.4, 0.5) is 0 Å². The van der Waals surface area contributed by atoms with Crippen LogP contribution in [0.2, 0.25) is 0 Å². The molecule has 5 heteroatoms. The van der Waals surface area contributed by atoms with Crippen molar-refractivity contribution in [2.45, 2.75) is 24.4 Å². The molecule has 0 saturated carbocycles. The zero-order valence-electron chi connectivity index (χ0n) is 9.08. The summed E-state index contributed by atoms with van der Waals surface area (Å²) in [7, 11) is 0. The minimum Gasteiger partial charge on any atom is -0.485 e. The molecule has 92 valence electrons. The van der Waals surface area contributed by atoms with E-state index in [0.717, 1.165) is 10.2 Å². The van der Waals surface area contributed by atoms with Crippen LogP contribution in [0, 0.1) is 0 Å². The van der Waals surface area contributed by atoms with Gasteiger partial charge in [0.1, 0.15) is 24.1 Å². The lowest BCUT2D eigenvalue weighted by Crippen LogP contribution is -2.34. The molecule has 4 nitrogen and oxygen atoms in total. The molecule has 0 aromatic heterocycles. The monoisotopic (exact) mass is 300 g/mol. The van der Waals surface area contributed by atoms with Gasteiger partial charge in [-0.1, -0.05) is 15.9 Å². The average molecular weight is 301 g/mol. The van der Waals surface area contributed by atoms with Gasteiger partial charge < -0.3 is 19.3 Å². The Balaban J connectivity index is 1.68. The maximum absolute atomic E-state index is 9.61. The van der Waals surface area contributed by atoms with E-state index in [1.807, 2.05) is 24.3 Å². The van der Waals surface area contributed by atoms with Gasteiger partial charge in [-0.2, -0.15) is 0 Å². The van der Waals surface area contributed by atoms with E-state index in [1.54, 1.807) is 0 Å². The van der Waals surface area contributed by atoms with Crippen molar-refractivity contribution in [1.82, 2.24) is 0 Å². The van der Waals surface area contributed by atoms with Crippen LogP contribution in [0.15, 0.2) is 28.7 Å². The predicted molar refractivity (Wildman–Crippen MR) is 64.0 cm³/mol. The number of rotatable bonds is 2. The van der Waals surface area contributed by atoms with Gasteiger partial charge in [0.05, 0.1) is 13.2 Å². The van der Waals surface area contributed by atoms with Gasteiger partial charge in [-0.15, -0.1) is 0 Å². The highest BCUT2D eigenvalue weighted by Crippen LogP contribution is 2.30. The molecule has 0 bridgehead atoms. The number of halogens is 1. The van der Waals surface area contributed by atoms with Crippen LogP contribution < -0.4 is 4.74 Å². The highest BCUT2D eigenvalue weighted by Gasteiger charge is 2.48. The van der Waals surface area contributed by atoms with E-state index < -0.39 is 6.10 Å². The van der Waals surface area contributed by atoms with E-state index in [1.165, 1.54) is 0 Å². The summed E-state index contributed by atoms with van der Waals surface area (Å²) >= 11 is 3.37. The van der Waals surface area contributed by atoms with Gasteiger partial charge >= 0.3 is 0 Å². The number of aliphatic hydroxyl groups is 1. The summed E-state index contributed by atoms with van der Waals surface area (Å²) in [5.74, 6) is 0.785. The first-order valence-electron chi connectivity index (χ1n) is 5.57. The minimum atomic E-state index is -0.529. The molecule has 2 aliphatic rings. The third-order valence-electron chi connectivity index (χ3n) is 3.08. The largest absolute Gasteiger partial charge is 0.485 e. The van der Waals surface area contributed by atoms with Crippen molar-refractivity contribution in [1.29, 1.82) is 0 Å². The fraction of sp³-hybridized carbons (Fsp3) is 0.500. The molecule has 0 amide bonds. The molecule has 2 heterocycles. The summed E-state index contributed by atoms with van der Waals surface area (Å²) in [6.45, 7) is 0.790. The van der Waals surface area contributed by atoms with Crippen LogP contribution in [0.3, 0.4) is 0 Å². The van der Waals surface area contributed by atoms with E-state index in [4.69, 9.17) is 14.2 Å². The topological polar surface area (TPSA) is 47.9 Å². The zero-order chi connectivity index (χ0) is 11.8. The number of benzene rings is 1. The molecule has 1 aromatic rings. The van der Waals surface area contributed by atoms with E-state index in [-0.39, 0.29) is 18.3 Å². The lowest BCUT2D eigenvalue weighted by Gasteiger charge is -2.17. The molecule has 3 rings (SSSR count). The van der Waals surface area contributed by atoms with Crippen molar-refractivity contribution in [2.24, 2.45) is 0 Å². The summed E-state index contributed by atoms with van der Waals surface area (Å²) in [5.41, 5.74) is 0. The van der Waals surface area contributed by atoms with Crippen LogP contribution in [0.25, 0.3) is 0 Å². The fourth-order valence-corrected chi connectivity index (χ4v) is 2.50. The van der Waals surface area contributed by atoms with Crippen LogP contribution in [-0.2, 0) is 9.47 Å². The average Bonchev–Trinajstić information content (AvgIpc) is 2.87. The van der Waals surface area contributed by atoms with Crippen LogP contribution >= 0.6 is 15.9 Å². The second-order valence-corrected chi connectivity index (χ2v) is 5.19. The second kappa shape index (κ2) is 4.57. The van der Waals surface area contributed by atoms with Gasteiger partial charge in [0.25, 0.3) is 0 Å². The first-order valence-corrected chi connectivity index (χ1v) is 6.37. The number of aliphatic hydroxyl groups excluding tert-OH is 1. The fourth-order valence-electron chi connectivity index (χ4n) is 2.23. The lowest BCUT2D eigenvalue weighted by molar-refractivity contribution is 0.00862. The summed E-state index contributed by atoms with van der Waals surface area (Å²) in [6.07, 6.45) is -1.07. The highest BCUT2D eigenvalue weighted by atomic mass is 79.9. The molecule has 2 fully saturated rings. The summed E-state index contributed by atoms with van der Waals surface area (Å²) in [4.78, 5) is 0. The summed E-state index contributed by atoms with van der Waals surface area (Å²) in [6, 6.07) is 7.63. The lowest BCUT2D eigenvalue weighted by atomic mass is 10.1. The molecule has 4 atom stereocenters. The van der Waals surface area contributed by atoms with Gasteiger partial charge in [0, 0.05) is 4.47 Å². The molecule has 1 N–H and O–H groups in total. The number of hydrogen-bond donors (Lipinski definition) is 1. The van der Waals surface area contributed by atoms with Crippen LogP contribution in [0.5, 0.6) is 5.75 Å². The summed E-state index contributed by atoms with van der Waals surface area (Å²) in [5, 5.41) is 9.61. The Kier molecular flexibility index (Phi) is 3.08. The van der Waals surface area contributed by atoms with Crippen molar-refractivity contribution >= 4 is 15.9 Å². The van der Waals surface area contributed by atoms with Gasteiger partial charge in [0.2, 0.25) is 0 Å². The van der Waals surface area contributed by atoms with Gasteiger partial charge in [-0.05, 0) is 24.3 Å². The number of hydrogen-bond acceptors (Lipinski definition) is 4. The van der Waals surface area contributed by atoms with E-state index in [9.17, 15) is 5.11 Å². The Morgan fingerprint density at radius 2 is 1.82 bits per heavy atom. The SMILES string of the molecule is O[C@H]1CO[C@@H]2[C@H]1OC[C@H]2Oc1ccc(Br)cc1. The number of fused-ring (bicyclic) bond motifs is 1. The Morgan fingerprint density at radius 1 is 1.12 bits per heavy atom. The van der Waals surface area contributed by atoms with Gasteiger partial charge in [0.15, 0.2) is 6.10 Å². The van der Waals surface area contributed by atoms with Crippen molar-refractivity contribution < 1.29 is 19.3 Å². The molecule has 0 spiro atoms. The first kappa shape index (κ1) is 11.5. The third kappa shape index (κ3) is 2.20. The molecular weight excluding hydrogens is 288 g/mol. The molecule has 0 unspecified atom stereocenters. The van der Waals surface area contributed by atoms with Crippen molar-refractivity contribution in [3.8, 4) is 5.75 Å². The van der Waals surface area contributed by atoms with E-state index in [0.29, 0.717) is 13.2 Å². The second-order valence-electron chi connectivity index (χ2n) is 4.27. The molecule has 0 aliphatic carbocycles. The minimum absolute atomic E-state index is 0.140. The maximum Gasteiger partial charge on any atom is 0.151 e.